The van der Waals surface area contributed by atoms with E-state index in [9.17, 15) is 39.9 Å². The zero-order valence-corrected chi connectivity index (χ0v) is 17.4. The standard InChI is InChI=1S/C19H13F3O8S2/c20-19(21,22)32(27,28)30-17-15(12-8-9-29-10-12)7-6-13(16(17)18(23)24)11-31(25,26)14-4-2-1-3-5-14/h1-10H,11H2,(H,23,24). The van der Waals surface area contributed by atoms with E-state index in [4.69, 9.17) is 4.42 Å². The summed E-state index contributed by atoms with van der Waals surface area (Å²) in [5.74, 6) is -4.01. The Hall–Kier alpha value is -3.32. The molecule has 1 heterocycles. The Morgan fingerprint density at radius 2 is 1.66 bits per heavy atom. The van der Waals surface area contributed by atoms with Crippen molar-refractivity contribution in [3.63, 3.8) is 0 Å². The fourth-order valence-electron chi connectivity index (χ4n) is 2.78. The lowest BCUT2D eigenvalue weighted by atomic mass is 9.99. The van der Waals surface area contributed by atoms with Gasteiger partial charge in [-0.25, -0.2) is 13.2 Å². The maximum absolute atomic E-state index is 12.9. The van der Waals surface area contributed by atoms with Gasteiger partial charge in [-0.15, -0.1) is 0 Å². The minimum Gasteiger partial charge on any atom is -0.478 e. The van der Waals surface area contributed by atoms with Gasteiger partial charge in [-0.2, -0.15) is 21.6 Å². The van der Waals surface area contributed by atoms with Gasteiger partial charge in [0, 0.05) is 11.1 Å². The van der Waals surface area contributed by atoms with Crippen LogP contribution in [0.1, 0.15) is 15.9 Å². The van der Waals surface area contributed by atoms with Gasteiger partial charge < -0.3 is 13.7 Å². The molecule has 0 aliphatic heterocycles. The molecular weight excluding hydrogens is 477 g/mol. The topological polar surface area (TPSA) is 128 Å². The Labute approximate surface area is 179 Å². The molecule has 1 aromatic heterocycles. The second kappa shape index (κ2) is 8.31. The molecule has 8 nitrogen and oxygen atoms in total. The SMILES string of the molecule is O=C(O)c1c(CS(=O)(=O)c2ccccc2)ccc(-c2ccoc2)c1OS(=O)(=O)C(F)(F)F. The highest BCUT2D eigenvalue weighted by Crippen LogP contribution is 2.39. The molecule has 0 amide bonds. The van der Waals surface area contributed by atoms with Crippen molar-refractivity contribution in [1.82, 2.24) is 0 Å². The molecular formula is C19H13F3O8S2. The predicted molar refractivity (Wildman–Crippen MR) is 104 cm³/mol. The zero-order chi connectivity index (χ0) is 23.7. The summed E-state index contributed by atoms with van der Waals surface area (Å²) in [6, 6.07) is 10.2. The molecule has 1 N–H and O–H groups in total. The highest BCUT2D eigenvalue weighted by Gasteiger charge is 2.49. The van der Waals surface area contributed by atoms with E-state index in [1.165, 1.54) is 30.3 Å². The first kappa shape index (κ1) is 23.3. The average Bonchev–Trinajstić information content (AvgIpc) is 3.21. The van der Waals surface area contributed by atoms with Gasteiger partial charge in [0.25, 0.3) is 0 Å². The lowest BCUT2D eigenvalue weighted by Crippen LogP contribution is -2.29. The second-order valence-electron chi connectivity index (χ2n) is 6.35. The van der Waals surface area contributed by atoms with Crippen molar-refractivity contribution < 1.29 is 48.5 Å². The number of hydrogen-bond acceptors (Lipinski definition) is 7. The van der Waals surface area contributed by atoms with Crippen molar-refractivity contribution >= 4 is 25.9 Å². The Morgan fingerprint density at radius 1 is 1.00 bits per heavy atom. The lowest BCUT2D eigenvalue weighted by Gasteiger charge is -2.17. The molecule has 0 saturated carbocycles. The van der Waals surface area contributed by atoms with Crippen LogP contribution in [0.25, 0.3) is 11.1 Å². The molecule has 0 atom stereocenters. The van der Waals surface area contributed by atoms with Crippen LogP contribution in [0.5, 0.6) is 5.75 Å². The number of carbonyl (C=O) groups is 1. The summed E-state index contributed by atoms with van der Waals surface area (Å²) in [6.07, 6.45) is 2.14. The van der Waals surface area contributed by atoms with E-state index >= 15 is 0 Å². The van der Waals surface area contributed by atoms with E-state index in [1.54, 1.807) is 6.07 Å². The first-order valence-electron chi connectivity index (χ1n) is 8.54. The number of sulfone groups is 1. The quantitative estimate of drug-likeness (QED) is 0.391. The first-order valence-corrected chi connectivity index (χ1v) is 11.6. The molecule has 170 valence electrons. The van der Waals surface area contributed by atoms with Crippen LogP contribution in [0.2, 0.25) is 0 Å². The van der Waals surface area contributed by atoms with Crippen molar-refractivity contribution in [3.8, 4) is 16.9 Å². The molecule has 0 bridgehead atoms. The maximum atomic E-state index is 12.9. The van der Waals surface area contributed by atoms with E-state index < -0.39 is 54.1 Å². The number of rotatable bonds is 7. The fraction of sp³-hybridized carbons (Fsp3) is 0.105. The third-order valence-electron chi connectivity index (χ3n) is 4.21. The van der Waals surface area contributed by atoms with E-state index in [-0.39, 0.29) is 16.0 Å². The molecule has 3 aromatic rings. The summed E-state index contributed by atoms with van der Waals surface area (Å²) in [4.78, 5) is 11.8. The van der Waals surface area contributed by atoms with Gasteiger partial charge in [-0.1, -0.05) is 30.3 Å². The van der Waals surface area contributed by atoms with Crippen LogP contribution >= 0.6 is 0 Å². The van der Waals surface area contributed by atoms with Crippen molar-refractivity contribution in [2.45, 2.75) is 16.2 Å². The van der Waals surface area contributed by atoms with Gasteiger partial charge in [0.15, 0.2) is 15.6 Å². The smallest absolute Gasteiger partial charge is 0.478 e. The van der Waals surface area contributed by atoms with E-state index in [1.807, 2.05) is 0 Å². The van der Waals surface area contributed by atoms with Crippen molar-refractivity contribution in [1.29, 1.82) is 0 Å². The van der Waals surface area contributed by atoms with Crippen LogP contribution in [0, 0.1) is 0 Å². The lowest BCUT2D eigenvalue weighted by molar-refractivity contribution is -0.0500. The third-order valence-corrected chi connectivity index (χ3v) is 6.85. The van der Waals surface area contributed by atoms with E-state index in [0.29, 0.717) is 0 Å². The number of alkyl halides is 3. The maximum Gasteiger partial charge on any atom is 0.534 e. The summed E-state index contributed by atoms with van der Waals surface area (Å²) in [7, 11) is -10.4. The van der Waals surface area contributed by atoms with E-state index in [0.717, 1.165) is 24.7 Å². The molecule has 0 aliphatic carbocycles. The van der Waals surface area contributed by atoms with Crippen LogP contribution < -0.4 is 4.18 Å². The fourth-order valence-corrected chi connectivity index (χ4v) is 4.66. The van der Waals surface area contributed by atoms with Crippen molar-refractivity contribution in [3.05, 3.63) is 72.2 Å². The van der Waals surface area contributed by atoms with Gasteiger partial charge in [0.05, 0.1) is 23.2 Å². The molecule has 0 saturated heterocycles. The first-order chi connectivity index (χ1) is 14.8. The van der Waals surface area contributed by atoms with Crippen LogP contribution in [0.3, 0.4) is 0 Å². The Morgan fingerprint density at radius 3 is 2.19 bits per heavy atom. The zero-order valence-electron chi connectivity index (χ0n) is 15.7. The van der Waals surface area contributed by atoms with Gasteiger partial charge in [-0.3, -0.25) is 0 Å². The highest BCUT2D eigenvalue weighted by atomic mass is 32.2. The summed E-state index contributed by atoms with van der Waals surface area (Å²) in [5.41, 5.74) is -7.72. The Balaban J connectivity index is 2.24. The molecule has 0 aliphatic rings. The van der Waals surface area contributed by atoms with Crippen LogP contribution in [0.15, 0.2) is 70.4 Å². The molecule has 0 radical (unpaired) electrons. The monoisotopic (exact) mass is 490 g/mol. The number of hydrogen-bond donors (Lipinski definition) is 1. The number of aromatic carboxylic acids is 1. The van der Waals surface area contributed by atoms with Gasteiger partial charge >= 0.3 is 21.6 Å². The molecule has 13 heteroatoms. The number of furan rings is 1. The largest absolute Gasteiger partial charge is 0.534 e. The molecule has 0 spiro atoms. The third kappa shape index (κ3) is 4.62. The normalized spacial score (nSPS) is 12.5. The molecule has 3 rings (SSSR count). The summed E-state index contributed by atoms with van der Waals surface area (Å²) >= 11 is 0. The predicted octanol–water partition coefficient (Wildman–Crippen LogP) is 3.85. The Bertz CT molecular complexity index is 1350. The average molecular weight is 490 g/mol. The van der Waals surface area contributed by atoms with E-state index in [2.05, 4.69) is 4.18 Å². The van der Waals surface area contributed by atoms with Crippen LogP contribution in [0.4, 0.5) is 13.2 Å². The highest BCUT2D eigenvalue weighted by molar-refractivity contribution is 7.90. The summed E-state index contributed by atoms with van der Waals surface area (Å²) in [5, 5.41) is 9.66. The van der Waals surface area contributed by atoms with Crippen molar-refractivity contribution in [2.75, 3.05) is 0 Å². The number of carboxylic acid groups (broad SMARTS) is 1. The number of halogens is 3. The van der Waals surface area contributed by atoms with Gasteiger partial charge in [0.1, 0.15) is 5.56 Å². The molecule has 0 fully saturated rings. The molecule has 32 heavy (non-hydrogen) atoms. The Kier molecular flexibility index (Phi) is 6.07. The minimum atomic E-state index is -6.28. The summed E-state index contributed by atoms with van der Waals surface area (Å²) in [6.45, 7) is 0. The second-order valence-corrected chi connectivity index (χ2v) is 9.88. The van der Waals surface area contributed by atoms with Gasteiger partial charge in [0.2, 0.25) is 0 Å². The minimum absolute atomic E-state index is 0.0114. The number of carboxylic acids is 1. The summed E-state index contributed by atoms with van der Waals surface area (Å²) < 4.78 is 96.6. The van der Waals surface area contributed by atoms with Crippen LogP contribution in [-0.2, 0) is 25.7 Å². The van der Waals surface area contributed by atoms with Crippen LogP contribution in [-0.4, -0.2) is 33.4 Å². The number of benzene rings is 2. The molecule has 0 unspecified atom stereocenters. The molecule has 2 aromatic carbocycles. The van der Waals surface area contributed by atoms with Crippen molar-refractivity contribution in [2.24, 2.45) is 0 Å². The van der Waals surface area contributed by atoms with Gasteiger partial charge in [-0.05, 0) is 23.8 Å².